The van der Waals surface area contributed by atoms with Gasteiger partial charge in [0.05, 0.1) is 25.3 Å². The van der Waals surface area contributed by atoms with Gasteiger partial charge >= 0.3 is 0 Å². The molecule has 146 valence electrons. The number of anilines is 1. The van der Waals surface area contributed by atoms with Gasteiger partial charge in [0.25, 0.3) is 0 Å². The lowest BCUT2D eigenvalue weighted by Crippen LogP contribution is -2.36. The summed E-state index contributed by atoms with van der Waals surface area (Å²) >= 11 is 1.48. The van der Waals surface area contributed by atoms with Gasteiger partial charge in [0.2, 0.25) is 5.91 Å². The molecule has 7 nitrogen and oxygen atoms in total. The van der Waals surface area contributed by atoms with Crippen LogP contribution < -0.4 is 10.2 Å². The molecule has 1 aliphatic heterocycles. The van der Waals surface area contributed by atoms with Crippen molar-refractivity contribution in [1.82, 2.24) is 15.3 Å². The number of rotatable bonds is 6. The van der Waals surface area contributed by atoms with E-state index in [1.54, 1.807) is 6.20 Å². The summed E-state index contributed by atoms with van der Waals surface area (Å²) in [7, 11) is 0. The first-order valence-electron chi connectivity index (χ1n) is 9.23. The molecule has 0 saturated carbocycles. The van der Waals surface area contributed by atoms with Crippen molar-refractivity contribution in [3.8, 4) is 10.8 Å². The van der Waals surface area contributed by atoms with Crippen LogP contribution in [0.25, 0.3) is 10.8 Å². The zero-order valence-corrected chi connectivity index (χ0v) is 16.5. The van der Waals surface area contributed by atoms with Gasteiger partial charge in [0, 0.05) is 31.2 Å². The first kappa shape index (κ1) is 18.6. The number of ether oxygens (including phenoxy) is 1. The smallest absolute Gasteiger partial charge is 0.226 e. The zero-order chi connectivity index (χ0) is 19.3. The van der Waals surface area contributed by atoms with E-state index in [0.29, 0.717) is 6.54 Å². The van der Waals surface area contributed by atoms with Crippen LogP contribution in [0.3, 0.4) is 0 Å². The van der Waals surface area contributed by atoms with Gasteiger partial charge in [0.1, 0.15) is 11.6 Å². The number of nitrogens with one attached hydrogen (secondary N) is 1. The number of furan rings is 1. The third kappa shape index (κ3) is 4.58. The summed E-state index contributed by atoms with van der Waals surface area (Å²) in [6.45, 7) is 5.47. The van der Waals surface area contributed by atoms with Crippen molar-refractivity contribution in [1.29, 1.82) is 0 Å². The highest BCUT2D eigenvalue weighted by Gasteiger charge is 2.14. The van der Waals surface area contributed by atoms with Gasteiger partial charge in [-0.3, -0.25) is 4.79 Å². The Hall–Kier alpha value is -2.71. The number of pyridine rings is 1. The van der Waals surface area contributed by atoms with E-state index in [-0.39, 0.29) is 12.3 Å². The molecular formula is C20H22N4O3S. The van der Waals surface area contributed by atoms with Crippen LogP contribution in [0.2, 0.25) is 0 Å². The Kier molecular flexibility index (Phi) is 5.68. The number of aromatic nitrogens is 2. The van der Waals surface area contributed by atoms with Crippen molar-refractivity contribution in [3.63, 3.8) is 0 Å². The second kappa shape index (κ2) is 8.53. The largest absolute Gasteiger partial charge is 0.459 e. The maximum atomic E-state index is 12.3. The summed E-state index contributed by atoms with van der Waals surface area (Å²) in [5.41, 5.74) is 1.77. The molecule has 3 aromatic heterocycles. The highest BCUT2D eigenvalue weighted by molar-refractivity contribution is 7.13. The first-order chi connectivity index (χ1) is 13.7. The standard InChI is InChI=1S/C20H22N4O3S/c1-14-2-3-17(27-14)20-23-16(13-28-20)11-19(25)22-12-15-4-5-21-18(10-15)24-6-8-26-9-7-24/h2-5,10,13H,6-9,11-12H2,1H3,(H,22,25). The van der Waals surface area contributed by atoms with Crippen molar-refractivity contribution in [2.24, 2.45) is 0 Å². The van der Waals surface area contributed by atoms with Gasteiger partial charge in [-0.25, -0.2) is 9.97 Å². The third-order valence-corrected chi connectivity index (χ3v) is 5.38. The van der Waals surface area contributed by atoms with Crippen LogP contribution in [-0.4, -0.2) is 42.2 Å². The van der Waals surface area contributed by atoms with E-state index in [9.17, 15) is 4.79 Å². The lowest BCUT2D eigenvalue weighted by atomic mass is 10.2. The van der Waals surface area contributed by atoms with Crippen LogP contribution in [0.5, 0.6) is 0 Å². The number of hydrogen-bond donors (Lipinski definition) is 1. The molecule has 1 saturated heterocycles. The summed E-state index contributed by atoms with van der Waals surface area (Å²) in [6.07, 6.45) is 2.03. The van der Waals surface area contributed by atoms with E-state index in [0.717, 1.165) is 59.9 Å². The summed E-state index contributed by atoms with van der Waals surface area (Å²) in [6, 6.07) is 7.74. The number of hydrogen-bond acceptors (Lipinski definition) is 7. The monoisotopic (exact) mass is 398 g/mol. The Morgan fingerprint density at radius 3 is 2.93 bits per heavy atom. The second-order valence-corrected chi connectivity index (χ2v) is 7.49. The fourth-order valence-electron chi connectivity index (χ4n) is 3.01. The number of thiazole rings is 1. The Labute approximate surface area is 167 Å². The molecule has 0 aromatic carbocycles. The fraction of sp³-hybridized carbons (Fsp3) is 0.350. The lowest BCUT2D eigenvalue weighted by molar-refractivity contribution is -0.120. The van der Waals surface area contributed by atoms with E-state index in [4.69, 9.17) is 9.15 Å². The van der Waals surface area contributed by atoms with E-state index in [2.05, 4.69) is 20.2 Å². The maximum Gasteiger partial charge on any atom is 0.226 e. The van der Waals surface area contributed by atoms with Gasteiger partial charge in [-0.15, -0.1) is 11.3 Å². The third-order valence-electron chi connectivity index (χ3n) is 4.48. The summed E-state index contributed by atoms with van der Waals surface area (Å²) in [4.78, 5) is 23.4. The van der Waals surface area contributed by atoms with E-state index in [1.165, 1.54) is 11.3 Å². The quantitative estimate of drug-likeness (QED) is 0.688. The first-order valence-corrected chi connectivity index (χ1v) is 10.1. The van der Waals surface area contributed by atoms with Gasteiger partial charge < -0.3 is 19.4 Å². The van der Waals surface area contributed by atoms with Crippen molar-refractivity contribution >= 4 is 23.1 Å². The molecule has 4 heterocycles. The predicted octanol–water partition coefficient (Wildman–Crippen LogP) is 2.80. The average molecular weight is 398 g/mol. The maximum absolute atomic E-state index is 12.3. The number of carbonyl (C=O) groups excluding carboxylic acids is 1. The Morgan fingerprint density at radius 1 is 1.29 bits per heavy atom. The molecule has 8 heteroatoms. The fourth-order valence-corrected chi connectivity index (χ4v) is 3.79. The minimum Gasteiger partial charge on any atom is -0.459 e. The second-order valence-electron chi connectivity index (χ2n) is 6.63. The molecule has 1 fully saturated rings. The van der Waals surface area contributed by atoms with Crippen LogP contribution in [-0.2, 0) is 22.5 Å². The lowest BCUT2D eigenvalue weighted by Gasteiger charge is -2.28. The molecule has 0 radical (unpaired) electrons. The highest BCUT2D eigenvalue weighted by atomic mass is 32.1. The summed E-state index contributed by atoms with van der Waals surface area (Å²) in [5.74, 6) is 2.45. The molecule has 1 N–H and O–H groups in total. The Morgan fingerprint density at radius 2 is 2.14 bits per heavy atom. The molecule has 0 bridgehead atoms. The average Bonchev–Trinajstić information content (AvgIpc) is 3.36. The number of amides is 1. The van der Waals surface area contributed by atoms with E-state index in [1.807, 2.05) is 36.6 Å². The van der Waals surface area contributed by atoms with E-state index >= 15 is 0 Å². The number of carbonyl (C=O) groups is 1. The molecule has 4 rings (SSSR count). The van der Waals surface area contributed by atoms with Crippen molar-refractivity contribution in [2.45, 2.75) is 19.9 Å². The molecule has 0 unspecified atom stereocenters. The SMILES string of the molecule is Cc1ccc(-c2nc(CC(=O)NCc3ccnc(N4CCOCC4)c3)cs2)o1. The van der Waals surface area contributed by atoms with Gasteiger partial charge in [-0.05, 0) is 36.8 Å². The van der Waals surface area contributed by atoms with Gasteiger partial charge in [-0.2, -0.15) is 0 Å². The molecule has 28 heavy (non-hydrogen) atoms. The summed E-state index contributed by atoms with van der Waals surface area (Å²) < 4.78 is 11.0. The van der Waals surface area contributed by atoms with Gasteiger partial charge in [0.15, 0.2) is 10.8 Å². The zero-order valence-electron chi connectivity index (χ0n) is 15.7. The molecule has 3 aromatic rings. The molecule has 0 aliphatic carbocycles. The topological polar surface area (TPSA) is 80.5 Å². The van der Waals surface area contributed by atoms with Crippen LogP contribution in [0.15, 0.2) is 40.3 Å². The van der Waals surface area contributed by atoms with Crippen LogP contribution >= 0.6 is 11.3 Å². The van der Waals surface area contributed by atoms with Crippen molar-refractivity contribution < 1.29 is 13.9 Å². The van der Waals surface area contributed by atoms with E-state index < -0.39 is 0 Å². The molecule has 1 aliphatic rings. The number of nitrogens with zero attached hydrogens (tertiary/aromatic N) is 3. The molecular weight excluding hydrogens is 376 g/mol. The normalized spacial score (nSPS) is 14.2. The number of aryl methyl sites for hydroxylation is 1. The van der Waals surface area contributed by atoms with Gasteiger partial charge in [-0.1, -0.05) is 0 Å². The van der Waals surface area contributed by atoms with Crippen LogP contribution in [0.1, 0.15) is 17.0 Å². The summed E-state index contributed by atoms with van der Waals surface area (Å²) in [5, 5.41) is 5.65. The highest BCUT2D eigenvalue weighted by Crippen LogP contribution is 2.25. The van der Waals surface area contributed by atoms with Crippen LogP contribution in [0, 0.1) is 6.92 Å². The Balaban J connectivity index is 1.32. The number of morpholine rings is 1. The van der Waals surface area contributed by atoms with Crippen molar-refractivity contribution in [3.05, 3.63) is 52.9 Å². The van der Waals surface area contributed by atoms with Crippen LogP contribution in [0.4, 0.5) is 5.82 Å². The minimum atomic E-state index is -0.0581. The van der Waals surface area contributed by atoms with Crippen molar-refractivity contribution in [2.75, 3.05) is 31.2 Å². The predicted molar refractivity (Wildman–Crippen MR) is 107 cm³/mol. The molecule has 0 atom stereocenters. The minimum absolute atomic E-state index is 0.0581. The Bertz CT molecular complexity index is 946. The molecule has 0 spiro atoms. The molecule has 1 amide bonds.